The number of halogens is 1. The molecule has 1 aromatic rings. The van der Waals surface area contributed by atoms with Gasteiger partial charge in [0.05, 0.1) is 11.1 Å². The highest BCUT2D eigenvalue weighted by atomic mass is 35.5. The van der Waals surface area contributed by atoms with E-state index in [9.17, 15) is 10.2 Å². The molecule has 20 heavy (non-hydrogen) atoms. The molecule has 1 rings (SSSR count). The Morgan fingerprint density at radius 3 is 2.25 bits per heavy atom. The number of aliphatic hydroxyl groups is 1. The molecule has 1 unspecified atom stereocenters. The van der Waals surface area contributed by atoms with Crippen LogP contribution in [-0.2, 0) is 6.42 Å². The van der Waals surface area contributed by atoms with Crippen LogP contribution in [0.15, 0.2) is 12.1 Å². The third kappa shape index (κ3) is 5.72. The van der Waals surface area contributed by atoms with Crippen molar-refractivity contribution >= 4 is 11.6 Å². The van der Waals surface area contributed by atoms with Crippen molar-refractivity contribution in [2.45, 2.75) is 71.3 Å². The summed E-state index contributed by atoms with van der Waals surface area (Å²) < 4.78 is 0. The summed E-state index contributed by atoms with van der Waals surface area (Å²) in [5.74, 6) is 0.00461. The number of benzene rings is 1. The van der Waals surface area contributed by atoms with E-state index in [2.05, 4.69) is 6.92 Å². The van der Waals surface area contributed by atoms with Crippen molar-refractivity contribution < 1.29 is 10.2 Å². The maximum Gasteiger partial charge on any atom is 0.139 e. The Morgan fingerprint density at radius 2 is 1.65 bits per heavy atom. The molecule has 0 spiro atoms. The molecule has 0 aliphatic heterocycles. The Bertz CT molecular complexity index is 402. The van der Waals surface area contributed by atoms with E-state index in [1.165, 1.54) is 38.5 Å². The number of unbranched alkanes of at least 4 members (excludes halogenated alkanes) is 6. The van der Waals surface area contributed by atoms with E-state index < -0.39 is 6.10 Å². The number of hydrogen-bond donors (Lipinski definition) is 2. The predicted molar refractivity (Wildman–Crippen MR) is 85.4 cm³/mol. The van der Waals surface area contributed by atoms with E-state index in [0.717, 1.165) is 18.4 Å². The van der Waals surface area contributed by atoms with Gasteiger partial charge in [-0.1, -0.05) is 57.0 Å². The summed E-state index contributed by atoms with van der Waals surface area (Å²) in [6.45, 7) is 3.87. The molecule has 0 saturated carbocycles. The molecule has 0 aromatic heterocycles. The Hall–Kier alpha value is -0.730. The van der Waals surface area contributed by atoms with E-state index >= 15 is 0 Å². The van der Waals surface area contributed by atoms with Crippen LogP contribution < -0.4 is 0 Å². The minimum Gasteiger partial charge on any atom is -0.506 e. The van der Waals surface area contributed by atoms with Gasteiger partial charge in [-0.3, -0.25) is 0 Å². The molecule has 114 valence electrons. The second kappa shape index (κ2) is 9.25. The zero-order valence-electron chi connectivity index (χ0n) is 12.7. The summed E-state index contributed by atoms with van der Waals surface area (Å²) in [6, 6.07) is 3.67. The summed E-state index contributed by atoms with van der Waals surface area (Å²) in [5.41, 5.74) is 1.62. The minimum absolute atomic E-state index is 0.00461. The van der Waals surface area contributed by atoms with Crippen molar-refractivity contribution in [3.05, 3.63) is 28.3 Å². The van der Waals surface area contributed by atoms with Crippen LogP contribution in [0.2, 0.25) is 5.02 Å². The second-order valence-corrected chi connectivity index (χ2v) is 5.97. The van der Waals surface area contributed by atoms with Gasteiger partial charge in [0.2, 0.25) is 0 Å². The zero-order valence-corrected chi connectivity index (χ0v) is 13.4. The Labute approximate surface area is 127 Å². The molecule has 3 heteroatoms. The van der Waals surface area contributed by atoms with Crippen molar-refractivity contribution in [3.63, 3.8) is 0 Å². The van der Waals surface area contributed by atoms with Gasteiger partial charge in [-0.2, -0.15) is 0 Å². The molecule has 0 fully saturated rings. The Balaban J connectivity index is 2.41. The number of phenolic OH excluding ortho intramolecular Hbond substituents is 1. The van der Waals surface area contributed by atoms with E-state index in [1.54, 1.807) is 13.0 Å². The first-order valence-corrected chi connectivity index (χ1v) is 8.13. The summed E-state index contributed by atoms with van der Waals surface area (Å²) in [4.78, 5) is 0. The minimum atomic E-state index is -0.693. The van der Waals surface area contributed by atoms with Crippen molar-refractivity contribution in [2.24, 2.45) is 0 Å². The molecular weight excluding hydrogens is 272 g/mol. The van der Waals surface area contributed by atoms with Gasteiger partial charge in [0.1, 0.15) is 5.75 Å². The maximum atomic E-state index is 9.79. The van der Waals surface area contributed by atoms with Crippen molar-refractivity contribution in [1.29, 1.82) is 0 Å². The number of aromatic hydroxyl groups is 1. The van der Waals surface area contributed by atoms with Crippen LogP contribution in [0.3, 0.4) is 0 Å². The summed E-state index contributed by atoms with van der Waals surface area (Å²) in [5, 5.41) is 19.8. The smallest absolute Gasteiger partial charge is 0.139 e. The first-order chi connectivity index (χ1) is 9.56. The maximum absolute atomic E-state index is 9.79. The topological polar surface area (TPSA) is 40.5 Å². The second-order valence-electron chi connectivity index (χ2n) is 5.56. The SMILES string of the molecule is CCCCCCCCCc1cc(Cl)c(O)c(C(C)O)c1. The van der Waals surface area contributed by atoms with Gasteiger partial charge in [-0.25, -0.2) is 0 Å². The van der Waals surface area contributed by atoms with Crippen LogP contribution in [0.25, 0.3) is 0 Å². The lowest BCUT2D eigenvalue weighted by Gasteiger charge is -2.12. The van der Waals surface area contributed by atoms with Crippen LogP contribution >= 0.6 is 11.6 Å². The van der Waals surface area contributed by atoms with Crippen molar-refractivity contribution in [2.75, 3.05) is 0 Å². The highest BCUT2D eigenvalue weighted by Gasteiger charge is 2.12. The quantitative estimate of drug-likeness (QED) is 0.600. The van der Waals surface area contributed by atoms with Gasteiger partial charge in [0.15, 0.2) is 0 Å². The molecule has 2 nitrogen and oxygen atoms in total. The van der Waals surface area contributed by atoms with Crippen LogP contribution in [0.1, 0.15) is 76.0 Å². The van der Waals surface area contributed by atoms with Gasteiger partial charge in [-0.15, -0.1) is 0 Å². The van der Waals surface area contributed by atoms with Crippen molar-refractivity contribution in [3.8, 4) is 5.75 Å². The molecule has 1 atom stereocenters. The first-order valence-electron chi connectivity index (χ1n) is 7.75. The normalized spacial score (nSPS) is 12.6. The summed E-state index contributed by atoms with van der Waals surface area (Å²) >= 11 is 6.00. The molecule has 0 aliphatic carbocycles. The predicted octanol–water partition coefficient (Wildman–Crippen LogP) is 5.39. The molecule has 0 saturated heterocycles. The van der Waals surface area contributed by atoms with Crippen LogP contribution in [0.4, 0.5) is 0 Å². The molecule has 0 amide bonds. The fourth-order valence-electron chi connectivity index (χ4n) is 2.43. The van der Waals surface area contributed by atoms with E-state index in [0.29, 0.717) is 10.6 Å². The molecule has 2 N–H and O–H groups in total. The Kier molecular flexibility index (Phi) is 8.01. The third-order valence-electron chi connectivity index (χ3n) is 3.67. The van der Waals surface area contributed by atoms with Crippen molar-refractivity contribution in [1.82, 2.24) is 0 Å². The Morgan fingerprint density at radius 1 is 1.05 bits per heavy atom. The highest BCUT2D eigenvalue weighted by Crippen LogP contribution is 2.33. The van der Waals surface area contributed by atoms with Gasteiger partial charge in [0.25, 0.3) is 0 Å². The number of hydrogen-bond acceptors (Lipinski definition) is 2. The fourth-order valence-corrected chi connectivity index (χ4v) is 2.68. The monoisotopic (exact) mass is 298 g/mol. The van der Waals surface area contributed by atoms with E-state index in [1.807, 2.05) is 6.07 Å². The average Bonchev–Trinajstić information content (AvgIpc) is 2.41. The summed E-state index contributed by atoms with van der Waals surface area (Å²) in [6.07, 6.45) is 9.19. The molecule has 0 aliphatic rings. The largest absolute Gasteiger partial charge is 0.506 e. The first kappa shape index (κ1) is 17.3. The lowest BCUT2D eigenvalue weighted by Crippen LogP contribution is -1.96. The summed E-state index contributed by atoms with van der Waals surface area (Å²) in [7, 11) is 0. The average molecular weight is 299 g/mol. The zero-order chi connectivity index (χ0) is 15.0. The van der Waals surface area contributed by atoms with Gasteiger partial charge < -0.3 is 10.2 Å². The van der Waals surface area contributed by atoms with Crippen LogP contribution in [-0.4, -0.2) is 10.2 Å². The molecular formula is C17H27ClO2. The number of rotatable bonds is 9. The van der Waals surface area contributed by atoms with Crippen LogP contribution in [0, 0.1) is 0 Å². The molecule has 0 bridgehead atoms. The molecule has 1 aromatic carbocycles. The lowest BCUT2D eigenvalue weighted by molar-refractivity contribution is 0.195. The third-order valence-corrected chi connectivity index (χ3v) is 3.96. The fraction of sp³-hybridized carbons (Fsp3) is 0.647. The number of aliphatic hydroxyl groups excluding tert-OH is 1. The standard InChI is InChI=1S/C17H27ClO2/c1-3-4-5-6-7-8-9-10-14-11-15(13(2)19)17(20)16(18)12-14/h11-13,19-20H,3-10H2,1-2H3. The van der Waals surface area contributed by atoms with Crippen LogP contribution in [0.5, 0.6) is 5.75 Å². The van der Waals surface area contributed by atoms with Gasteiger partial charge in [0, 0.05) is 5.56 Å². The van der Waals surface area contributed by atoms with Gasteiger partial charge in [-0.05, 0) is 37.5 Å². The molecule has 0 heterocycles. The lowest BCUT2D eigenvalue weighted by atomic mass is 10.0. The van der Waals surface area contributed by atoms with E-state index in [-0.39, 0.29) is 5.75 Å². The van der Waals surface area contributed by atoms with E-state index in [4.69, 9.17) is 11.6 Å². The molecule has 0 radical (unpaired) electrons. The van der Waals surface area contributed by atoms with Gasteiger partial charge >= 0.3 is 0 Å². The number of aryl methyl sites for hydroxylation is 1. The highest BCUT2D eigenvalue weighted by molar-refractivity contribution is 6.32. The number of phenols is 1.